The van der Waals surface area contributed by atoms with Crippen molar-refractivity contribution in [1.29, 1.82) is 0 Å². The third-order valence-electron chi connectivity index (χ3n) is 4.71. The molecule has 0 bridgehead atoms. The van der Waals surface area contributed by atoms with Crippen LogP contribution in [0.3, 0.4) is 0 Å². The highest BCUT2D eigenvalue weighted by Crippen LogP contribution is 2.22. The van der Waals surface area contributed by atoms with Gasteiger partial charge in [0.15, 0.2) is 0 Å². The van der Waals surface area contributed by atoms with Crippen LogP contribution < -0.4 is 4.72 Å². The first-order valence-electron chi connectivity index (χ1n) is 8.96. The minimum atomic E-state index is -3.80. The first kappa shape index (κ1) is 18.6. The number of amides is 1. The third-order valence-corrected chi connectivity index (χ3v) is 6.15. The molecule has 138 valence electrons. The largest absolute Gasteiger partial charge is 0.341 e. The van der Waals surface area contributed by atoms with Crippen LogP contribution in [0.5, 0.6) is 0 Å². The van der Waals surface area contributed by atoms with Crippen LogP contribution in [-0.2, 0) is 21.2 Å². The van der Waals surface area contributed by atoms with Crippen molar-refractivity contribution in [1.82, 2.24) is 9.62 Å². The van der Waals surface area contributed by atoms with Gasteiger partial charge in [-0.25, -0.2) is 8.42 Å². The molecule has 2 aromatic carbocycles. The summed E-state index contributed by atoms with van der Waals surface area (Å²) in [6.45, 7) is 3.37. The van der Waals surface area contributed by atoms with Gasteiger partial charge in [-0.3, -0.25) is 4.79 Å². The Balaban J connectivity index is 1.90. The summed E-state index contributed by atoms with van der Waals surface area (Å²) in [7, 11) is -3.80. The van der Waals surface area contributed by atoms with E-state index in [9.17, 15) is 13.2 Å². The molecule has 26 heavy (non-hydrogen) atoms. The van der Waals surface area contributed by atoms with E-state index in [2.05, 4.69) is 4.72 Å². The quantitative estimate of drug-likeness (QED) is 0.848. The number of likely N-dealkylation sites (tertiary alicyclic amines) is 1. The lowest BCUT2D eigenvalue weighted by molar-refractivity contribution is -0.132. The van der Waals surface area contributed by atoms with Gasteiger partial charge >= 0.3 is 0 Å². The van der Waals surface area contributed by atoms with Crippen LogP contribution in [0.4, 0.5) is 0 Å². The number of hydrogen-bond donors (Lipinski definition) is 1. The fourth-order valence-corrected chi connectivity index (χ4v) is 4.33. The van der Waals surface area contributed by atoms with Crippen LogP contribution in [0.2, 0.25) is 0 Å². The molecule has 1 aliphatic heterocycles. The van der Waals surface area contributed by atoms with Gasteiger partial charge in [0.2, 0.25) is 15.9 Å². The number of rotatable bonds is 6. The number of nitrogens with zero attached hydrogens (tertiary/aromatic N) is 1. The van der Waals surface area contributed by atoms with Gasteiger partial charge in [-0.15, -0.1) is 0 Å². The molecule has 2 aromatic rings. The maximum absolute atomic E-state index is 13.0. The molecule has 1 atom stereocenters. The minimum absolute atomic E-state index is 0.171. The summed E-state index contributed by atoms with van der Waals surface area (Å²) >= 11 is 0. The molecule has 0 spiro atoms. The lowest BCUT2D eigenvalue weighted by Crippen LogP contribution is -2.41. The predicted octanol–water partition coefficient (Wildman–Crippen LogP) is 2.89. The van der Waals surface area contributed by atoms with E-state index in [1.807, 2.05) is 25.1 Å². The Kier molecular flexibility index (Phi) is 5.74. The molecule has 1 aliphatic rings. The number of carbonyl (C=O) groups is 1. The standard InChI is InChI=1S/C20H24N2O3S/c1-2-16-10-12-18(13-11-16)26(24,25)21-19(17-8-4-3-5-9-17)20(23)22-14-6-7-15-22/h3-5,8-13,19,21H,2,6-7,14-15H2,1H3/t19-/m0/s1. The van der Waals surface area contributed by atoms with E-state index < -0.39 is 16.1 Å². The van der Waals surface area contributed by atoms with Crippen LogP contribution in [0.25, 0.3) is 0 Å². The van der Waals surface area contributed by atoms with Crippen molar-refractivity contribution >= 4 is 15.9 Å². The first-order valence-corrected chi connectivity index (χ1v) is 10.4. The second-order valence-electron chi connectivity index (χ2n) is 6.49. The summed E-state index contributed by atoms with van der Waals surface area (Å²) in [6, 6.07) is 14.9. The summed E-state index contributed by atoms with van der Waals surface area (Å²) in [4.78, 5) is 14.9. The molecule has 3 rings (SSSR count). The average Bonchev–Trinajstić information content (AvgIpc) is 3.21. The number of hydrogen-bond acceptors (Lipinski definition) is 3. The maximum Gasteiger partial charge on any atom is 0.245 e. The summed E-state index contributed by atoms with van der Waals surface area (Å²) in [6.07, 6.45) is 2.75. The van der Waals surface area contributed by atoms with Crippen molar-refractivity contribution in [2.24, 2.45) is 0 Å². The molecule has 5 nitrogen and oxygen atoms in total. The van der Waals surface area contributed by atoms with E-state index in [1.165, 1.54) is 0 Å². The van der Waals surface area contributed by atoms with Gasteiger partial charge in [-0.1, -0.05) is 49.4 Å². The smallest absolute Gasteiger partial charge is 0.245 e. The topological polar surface area (TPSA) is 66.5 Å². The molecule has 1 fully saturated rings. The van der Waals surface area contributed by atoms with E-state index in [4.69, 9.17) is 0 Å². The maximum atomic E-state index is 13.0. The second kappa shape index (κ2) is 8.01. The lowest BCUT2D eigenvalue weighted by atomic mass is 10.1. The fourth-order valence-electron chi connectivity index (χ4n) is 3.15. The van der Waals surface area contributed by atoms with Crippen molar-refractivity contribution in [3.05, 3.63) is 65.7 Å². The highest BCUT2D eigenvalue weighted by Gasteiger charge is 2.31. The average molecular weight is 372 g/mol. The molecule has 0 aliphatic carbocycles. The summed E-state index contributed by atoms with van der Waals surface area (Å²) in [5.74, 6) is -0.192. The van der Waals surface area contributed by atoms with Crippen molar-refractivity contribution in [2.75, 3.05) is 13.1 Å². The van der Waals surface area contributed by atoms with Crippen molar-refractivity contribution in [2.45, 2.75) is 37.1 Å². The van der Waals surface area contributed by atoms with Crippen molar-refractivity contribution in [3.8, 4) is 0 Å². The molecular formula is C20H24N2O3S. The summed E-state index contributed by atoms with van der Waals surface area (Å²) < 4.78 is 28.3. The molecule has 6 heteroatoms. The fraction of sp³-hybridized carbons (Fsp3) is 0.350. The first-order chi connectivity index (χ1) is 12.5. The van der Waals surface area contributed by atoms with E-state index >= 15 is 0 Å². The Morgan fingerprint density at radius 1 is 1.04 bits per heavy atom. The molecule has 1 N–H and O–H groups in total. The molecule has 1 saturated heterocycles. The number of sulfonamides is 1. The zero-order valence-corrected chi connectivity index (χ0v) is 15.7. The minimum Gasteiger partial charge on any atom is -0.341 e. The van der Waals surface area contributed by atoms with Gasteiger partial charge in [0, 0.05) is 13.1 Å². The molecule has 0 radical (unpaired) electrons. The van der Waals surface area contributed by atoms with Gasteiger partial charge in [0.25, 0.3) is 0 Å². The third kappa shape index (κ3) is 4.14. The Hall–Kier alpha value is -2.18. The summed E-state index contributed by atoms with van der Waals surface area (Å²) in [5, 5.41) is 0. The Labute approximate surface area is 155 Å². The van der Waals surface area contributed by atoms with Gasteiger partial charge < -0.3 is 4.90 Å². The van der Waals surface area contributed by atoms with Crippen molar-refractivity contribution < 1.29 is 13.2 Å². The van der Waals surface area contributed by atoms with E-state index in [-0.39, 0.29) is 10.8 Å². The second-order valence-corrected chi connectivity index (χ2v) is 8.21. The SMILES string of the molecule is CCc1ccc(S(=O)(=O)N[C@H](C(=O)N2CCCC2)c2ccccc2)cc1. The number of carbonyl (C=O) groups excluding carboxylic acids is 1. The Morgan fingerprint density at radius 2 is 1.65 bits per heavy atom. The van der Waals surface area contributed by atoms with Gasteiger partial charge in [-0.05, 0) is 42.5 Å². The number of nitrogens with one attached hydrogen (secondary N) is 1. The molecule has 1 amide bonds. The van der Waals surface area contributed by atoms with Crippen LogP contribution in [-0.4, -0.2) is 32.3 Å². The van der Waals surface area contributed by atoms with Gasteiger partial charge in [0.05, 0.1) is 4.90 Å². The van der Waals surface area contributed by atoms with Gasteiger partial charge in [-0.2, -0.15) is 4.72 Å². The van der Waals surface area contributed by atoms with Crippen LogP contribution in [0.1, 0.15) is 36.9 Å². The van der Waals surface area contributed by atoms with E-state index in [0.717, 1.165) is 24.8 Å². The van der Waals surface area contributed by atoms with Crippen LogP contribution in [0.15, 0.2) is 59.5 Å². The monoisotopic (exact) mass is 372 g/mol. The molecule has 0 aromatic heterocycles. The highest BCUT2D eigenvalue weighted by molar-refractivity contribution is 7.89. The van der Waals surface area contributed by atoms with Crippen LogP contribution >= 0.6 is 0 Å². The zero-order chi connectivity index (χ0) is 18.6. The summed E-state index contributed by atoms with van der Waals surface area (Å²) in [5.41, 5.74) is 1.72. The molecular weight excluding hydrogens is 348 g/mol. The normalized spacial score (nSPS) is 15.8. The van der Waals surface area contributed by atoms with Crippen LogP contribution in [0, 0.1) is 0 Å². The number of aryl methyl sites for hydroxylation is 1. The highest BCUT2D eigenvalue weighted by atomic mass is 32.2. The van der Waals surface area contributed by atoms with E-state index in [0.29, 0.717) is 18.7 Å². The molecule has 0 unspecified atom stereocenters. The molecule has 0 saturated carbocycles. The Morgan fingerprint density at radius 3 is 2.23 bits per heavy atom. The zero-order valence-electron chi connectivity index (χ0n) is 14.9. The Bertz CT molecular complexity index is 842. The predicted molar refractivity (Wildman–Crippen MR) is 101 cm³/mol. The number of benzene rings is 2. The van der Waals surface area contributed by atoms with E-state index in [1.54, 1.807) is 41.3 Å². The van der Waals surface area contributed by atoms with Crippen molar-refractivity contribution in [3.63, 3.8) is 0 Å². The lowest BCUT2D eigenvalue weighted by Gasteiger charge is -2.24. The molecule has 1 heterocycles. The van der Waals surface area contributed by atoms with Gasteiger partial charge in [0.1, 0.15) is 6.04 Å².